The van der Waals surface area contributed by atoms with Gasteiger partial charge < -0.3 is 9.71 Å². The van der Waals surface area contributed by atoms with Crippen molar-refractivity contribution in [1.82, 2.24) is 0 Å². The summed E-state index contributed by atoms with van der Waals surface area (Å²) < 4.78 is 0. The van der Waals surface area contributed by atoms with E-state index in [1.807, 2.05) is 0 Å². The van der Waals surface area contributed by atoms with Gasteiger partial charge in [0.25, 0.3) is 0 Å². The highest BCUT2D eigenvalue weighted by Crippen LogP contribution is 2.51. The van der Waals surface area contributed by atoms with Crippen molar-refractivity contribution in [2.45, 2.75) is 0 Å². The maximum atomic E-state index is 2.59. The lowest BCUT2D eigenvalue weighted by Crippen LogP contribution is -2.63. The van der Waals surface area contributed by atoms with Crippen LogP contribution in [0.5, 0.6) is 0 Å². The minimum Gasteiger partial charge on any atom is -0.376 e. The second kappa shape index (κ2) is 9.35. The molecule has 2 nitrogen and oxygen atoms in total. The Labute approximate surface area is 263 Å². The SMILES string of the molecule is c1ccc(-c2cc(-c3ccccc3)cc(N3c4cccc5c4B4c6c(cccc63)-c3ccccc3N4c3ccccc3-5)c2)cc1. The normalized spacial score (nSPS) is 13.2. The molecule has 0 bridgehead atoms. The third-order valence-electron chi connectivity index (χ3n) is 9.75. The zero-order chi connectivity index (χ0) is 29.5. The fraction of sp³-hybridized carbons (Fsp3) is 0. The van der Waals surface area contributed by atoms with Gasteiger partial charge in [-0.25, -0.2) is 0 Å². The molecule has 7 aromatic rings. The van der Waals surface area contributed by atoms with Crippen molar-refractivity contribution in [3.05, 3.63) is 164 Å². The summed E-state index contributed by atoms with van der Waals surface area (Å²) in [6, 6.07) is 60.2. The average Bonchev–Trinajstić information content (AvgIpc) is 3.12. The molecule has 3 aliphatic rings. The molecular formula is C42H27BN2. The zero-order valence-electron chi connectivity index (χ0n) is 24.6. The van der Waals surface area contributed by atoms with Gasteiger partial charge in [0.1, 0.15) is 0 Å². The van der Waals surface area contributed by atoms with E-state index in [0.29, 0.717) is 0 Å². The Hall–Kier alpha value is -5.80. The monoisotopic (exact) mass is 570 g/mol. The van der Waals surface area contributed by atoms with Crippen LogP contribution in [0, 0.1) is 0 Å². The summed E-state index contributed by atoms with van der Waals surface area (Å²) in [5.41, 5.74) is 19.0. The van der Waals surface area contributed by atoms with Crippen LogP contribution in [0.1, 0.15) is 0 Å². The number of para-hydroxylation sites is 2. The predicted octanol–water partition coefficient (Wildman–Crippen LogP) is 9.71. The fourth-order valence-corrected chi connectivity index (χ4v) is 7.92. The van der Waals surface area contributed by atoms with Gasteiger partial charge in [-0.15, -0.1) is 0 Å². The molecule has 0 radical (unpaired) electrons. The Morgan fingerprint density at radius 2 is 0.756 bits per heavy atom. The molecule has 0 amide bonds. The van der Waals surface area contributed by atoms with Crippen molar-refractivity contribution >= 4 is 46.2 Å². The lowest BCUT2D eigenvalue weighted by molar-refractivity contribution is 1.26. The lowest BCUT2D eigenvalue weighted by atomic mass is 9.41. The van der Waals surface area contributed by atoms with Gasteiger partial charge in [0.15, 0.2) is 0 Å². The number of rotatable bonds is 3. The van der Waals surface area contributed by atoms with E-state index in [1.165, 1.54) is 83.9 Å². The van der Waals surface area contributed by atoms with Crippen molar-refractivity contribution < 1.29 is 0 Å². The van der Waals surface area contributed by atoms with E-state index in [2.05, 4.69) is 174 Å². The molecule has 0 unspecified atom stereocenters. The summed E-state index contributed by atoms with van der Waals surface area (Å²) in [5, 5.41) is 0. The van der Waals surface area contributed by atoms with Gasteiger partial charge in [-0.3, -0.25) is 0 Å². The number of fused-ring (bicyclic) bond motifs is 6. The molecule has 3 aliphatic heterocycles. The van der Waals surface area contributed by atoms with Gasteiger partial charge in [-0.1, -0.05) is 121 Å². The molecule has 0 saturated heterocycles. The minimum absolute atomic E-state index is 0.0920. The van der Waals surface area contributed by atoms with Crippen molar-refractivity contribution in [3.8, 4) is 44.5 Å². The quantitative estimate of drug-likeness (QED) is 0.195. The smallest absolute Gasteiger partial charge is 0.333 e. The number of anilines is 5. The van der Waals surface area contributed by atoms with Crippen molar-refractivity contribution in [1.29, 1.82) is 0 Å². The molecule has 0 atom stereocenters. The van der Waals surface area contributed by atoms with Crippen LogP contribution in [0.4, 0.5) is 28.4 Å². The Kier molecular flexibility index (Phi) is 5.12. The summed E-state index contributed by atoms with van der Waals surface area (Å²) in [6.07, 6.45) is 0. The van der Waals surface area contributed by atoms with Crippen LogP contribution in [0.15, 0.2) is 164 Å². The van der Waals surface area contributed by atoms with Crippen LogP contribution < -0.4 is 20.6 Å². The van der Waals surface area contributed by atoms with Crippen LogP contribution in [0.3, 0.4) is 0 Å². The fourth-order valence-electron chi connectivity index (χ4n) is 7.92. The molecule has 208 valence electrons. The highest BCUT2D eigenvalue weighted by Gasteiger charge is 2.48. The highest BCUT2D eigenvalue weighted by molar-refractivity contribution is 6.95. The molecule has 45 heavy (non-hydrogen) atoms. The summed E-state index contributed by atoms with van der Waals surface area (Å²) >= 11 is 0. The van der Waals surface area contributed by atoms with Crippen LogP contribution in [0.25, 0.3) is 44.5 Å². The van der Waals surface area contributed by atoms with E-state index >= 15 is 0 Å². The van der Waals surface area contributed by atoms with Gasteiger partial charge in [0.05, 0.1) is 0 Å². The predicted molar refractivity (Wildman–Crippen MR) is 190 cm³/mol. The second-order valence-corrected chi connectivity index (χ2v) is 12.1. The maximum Gasteiger partial charge on any atom is 0.333 e. The summed E-state index contributed by atoms with van der Waals surface area (Å²) in [4.78, 5) is 5.11. The van der Waals surface area contributed by atoms with E-state index in [9.17, 15) is 0 Å². The standard InChI is InChI=1S/C42H27BN2/c1-3-13-28(14-4-1)30-25-31(29-15-5-2-6-16-29)27-32(26-30)44-39-23-11-19-35-33-17-7-9-21-37(33)45-38-22-10-8-18-34(38)36-20-12-24-40(44)42(36)43(45)41(35)39/h1-27H. The molecule has 0 aromatic heterocycles. The van der Waals surface area contributed by atoms with E-state index in [4.69, 9.17) is 0 Å². The minimum atomic E-state index is 0.0920. The van der Waals surface area contributed by atoms with Crippen LogP contribution >= 0.6 is 0 Å². The maximum absolute atomic E-state index is 2.59. The first kappa shape index (κ1) is 24.6. The van der Waals surface area contributed by atoms with E-state index < -0.39 is 0 Å². The number of hydrogen-bond acceptors (Lipinski definition) is 2. The summed E-state index contributed by atoms with van der Waals surface area (Å²) in [6.45, 7) is 0.0920. The van der Waals surface area contributed by atoms with Gasteiger partial charge in [-0.2, -0.15) is 0 Å². The molecule has 0 aliphatic carbocycles. The van der Waals surface area contributed by atoms with E-state index in [1.54, 1.807) is 0 Å². The number of benzene rings is 7. The zero-order valence-corrected chi connectivity index (χ0v) is 24.6. The van der Waals surface area contributed by atoms with Crippen molar-refractivity contribution in [2.24, 2.45) is 0 Å². The van der Waals surface area contributed by atoms with Gasteiger partial charge in [-0.05, 0) is 86.8 Å². The molecule has 0 saturated carbocycles. The second-order valence-electron chi connectivity index (χ2n) is 12.1. The first-order chi connectivity index (χ1) is 22.3. The molecule has 0 fully saturated rings. The Balaban J connectivity index is 1.31. The highest BCUT2D eigenvalue weighted by atomic mass is 15.2. The average molecular weight is 571 g/mol. The molecular weight excluding hydrogens is 543 g/mol. The third-order valence-corrected chi connectivity index (χ3v) is 9.75. The largest absolute Gasteiger partial charge is 0.376 e. The topological polar surface area (TPSA) is 6.48 Å². The summed E-state index contributed by atoms with van der Waals surface area (Å²) in [5.74, 6) is 0. The lowest BCUT2D eigenvalue weighted by Gasteiger charge is -2.49. The van der Waals surface area contributed by atoms with Crippen LogP contribution in [-0.4, -0.2) is 6.85 Å². The molecule has 0 N–H and O–H groups in total. The first-order valence-corrected chi connectivity index (χ1v) is 15.6. The molecule has 3 heteroatoms. The Bertz CT molecular complexity index is 2140. The Morgan fingerprint density at radius 1 is 0.333 bits per heavy atom. The molecule has 10 rings (SSSR count). The van der Waals surface area contributed by atoms with Gasteiger partial charge >= 0.3 is 6.85 Å². The number of hydrogen-bond donors (Lipinski definition) is 0. The van der Waals surface area contributed by atoms with E-state index in [-0.39, 0.29) is 6.85 Å². The number of nitrogens with zero attached hydrogens (tertiary/aromatic N) is 2. The van der Waals surface area contributed by atoms with Crippen LogP contribution in [-0.2, 0) is 0 Å². The van der Waals surface area contributed by atoms with Crippen LogP contribution in [0.2, 0.25) is 0 Å². The third kappa shape index (κ3) is 3.47. The van der Waals surface area contributed by atoms with Gasteiger partial charge in [0.2, 0.25) is 0 Å². The van der Waals surface area contributed by atoms with Gasteiger partial charge in [0, 0.05) is 39.6 Å². The molecule has 7 aromatic carbocycles. The summed E-state index contributed by atoms with van der Waals surface area (Å²) in [7, 11) is 0. The molecule has 3 heterocycles. The van der Waals surface area contributed by atoms with E-state index in [0.717, 1.165) is 0 Å². The van der Waals surface area contributed by atoms with Crippen molar-refractivity contribution in [2.75, 3.05) is 9.71 Å². The first-order valence-electron chi connectivity index (χ1n) is 15.6. The van der Waals surface area contributed by atoms with Crippen molar-refractivity contribution in [3.63, 3.8) is 0 Å². The Morgan fingerprint density at radius 3 is 1.27 bits per heavy atom. The molecule has 0 spiro atoms.